The first-order chi connectivity index (χ1) is 31.4. The fourth-order valence-corrected chi connectivity index (χ4v) is 9.01. The smallest absolute Gasteiger partial charge is 0.368 e. The molecule has 0 aliphatic carbocycles. The quantitative estimate of drug-likeness (QED) is 0.197. The summed E-state index contributed by atoms with van der Waals surface area (Å²) in [6.07, 6.45) is -4.88. The van der Waals surface area contributed by atoms with Gasteiger partial charge >= 0.3 is 12.4 Å². The number of rotatable bonds is 7. The number of carbonyl (C=O) groups excluding carboxylic acids is 4. The van der Waals surface area contributed by atoms with Crippen LogP contribution >= 0.6 is 15.9 Å². The molecule has 8 rings (SSSR count). The molecule has 67 heavy (non-hydrogen) atoms. The van der Waals surface area contributed by atoms with E-state index in [0.29, 0.717) is 49.3 Å². The van der Waals surface area contributed by atoms with Crippen molar-refractivity contribution in [2.45, 2.75) is 89.1 Å². The Balaban J connectivity index is 0.000000193. The zero-order chi connectivity index (χ0) is 49.1. The number of piperazine rings is 2. The lowest BCUT2D eigenvalue weighted by Gasteiger charge is -2.48. The Hall–Kier alpha value is -5.96. The minimum atomic E-state index is -4.45. The Morgan fingerprint density at radius 2 is 1.09 bits per heavy atom. The molecule has 4 aliphatic heterocycles. The summed E-state index contributed by atoms with van der Waals surface area (Å²) in [5.74, 6) is -0.710. The molecule has 2 spiro atoms. The SMILES string of the molecule is CC(C)N1CC(=O)N(Cc2ccc(C(F)(F)F)cc2)C2(CCN(c3cc[nH]c(=O)c3)C2)C1=O.CC(C)N1CC(=O)N(Cc2ccc(C(F)(F)F)cc2)C2(CCNC2)C1=O.O=c1cc(Br)cc[nH]1. The van der Waals surface area contributed by atoms with Crippen molar-refractivity contribution < 1.29 is 45.5 Å². The minimum Gasteiger partial charge on any atom is -0.368 e. The second-order valence-corrected chi connectivity index (χ2v) is 18.3. The summed E-state index contributed by atoms with van der Waals surface area (Å²) in [6.45, 7) is 9.12. The summed E-state index contributed by atoms with van der Waals surface area (Å²) in [5, 5.41) is 3.15. The van der Waals surface area contributed by atoms with Gasteiger partial charge in [-0.3, -0.25) is 28.8 Å². The maximum absolute atomic E-state index is 13.7. The van der Waals surface area contributed by atoms with E-state index in [2.05, 4.69) is 31.2 Å². The van der Waals surface area contributed by atoms with Gasteiger partial charge in [0.2, 0.25) is 22.9 Å². The Kier molecular flexibility index (Phi) is 15.1. The van der Waals surface area contributed by atoms with Crippen LogP contribution in [0.25, 0.3) is 0 Å². The Morgan fingerprint density at radius 1 is 0.627 bits per heavy atom. The summed E-state index contributed by atoms with van der Waals surface area (Å²) in [4.78, 5) is 88.0. The van der Waals surface area contributed by atoms with Gasteiger partial charge < -0.3 is 39.8 Å². The van der Waals surface area contributed by atoms with E-state index in [1.165, 1.54) is 52.4 Å². The molecule has 0 saturated carbocycles. The number of carbonyl (C=O) groups is 4. The van der Waals surface area contributed by atoms with Crippen LogP contribution in [0.5, 0.6) is 0 Å². The van der Waals surface area contributed by atoms with Crippen LogP contribution in [0.15, 0.2) is 99.3 Å². The number of nitrogens with one attached hydrogen (secondary N) is 3. The molecule has 3 N–H and O–H groups in total. The van der Waals surface area contributed by atoms with Gasteiger partial charge in [0.05, 0.1) is 17.7 Å². The highest BCUT2D eigenvalue weighted by Gasteiger charge is 2.57. The standard InChI is InChI=1S/C23H25F3N4O3.C18H22F3N3O2.C5H4BrNO/c1-15(2)29-13-20(32)30(12-16-3-5-17(6-4-16)23(24,25)26)22(21(29)33)8-10-28(14-22)18-7-9-27-19(31)11-18;1-12(2)23-10-15(25)24(17(16(23)26)7-8-22-11-17)9-13-3-5-14(6-4-13)18(19,20)21;6-4-1-2-7-5(8)3-4/h3-7,9,11,15H,8,10,12-14H2,1-2H3,(H,27,31);3-6,12,22H,7-11H2,1-2H3;1-3H,(H,7,8). The summed E-state index contributed by atoms with van der Waals surface area (Å²) < 4.78 is 77.8. The van der Waals surface area contributed by atoms with Gasteiger partial charge in [-0.05, 0) is 94.6 Å². The van der Waals surface area contributed by atoms with Gasteiger partial charge in [-0.15, -0.1) is 0 Å². The van der Waals surface area contributed by atoms with Gasteiger partial charge in [-0.25, -0.2) is 0 Å². The van der Waals surface area contributed by atoms with Crippen molar-refractivity contribution in [1.82, 2.24) is 34.9 Å². The van der Waals surface area contributed by atoms with Crippen molar-refractivity contribution >= 4 is 45.2 Å². The molecular weight excluding hydrogens is 954 g/mol. The van der Waals surface area contributed by atoms with E-state index in [0.717, 1.165) is 28.7 Å². The molecule has 4 fully saturated rings. The van der Waals surface area contributed by atoms with Crippen LogP contribution < -0.4 is 21.3 Å². The third-order valence-electron chi connectivity index (χ3n) is 12.3. The molecular formula is C46H51BrF6N8O6. The molecule has 14 nitrogen and oxygen atoms in total. The van der Waals surface area contributed by atoms with Crippen molar-refractivity contribution in [3.05, 3.63) is 133 Å². The van der Waals surface area contributed by atoms with Crippen LogP contribution in [-0.2, 0) is 44.6 Å². The molecule has 21 heteroatoms. The molecule has 360 valence electrons. The Bertz CT molecular complexity index is 2540. The van der Waals surface area contributed by atoms with E-state index < -0.39 is 34.6 Å². The zero-order valence-corrected chi connectivity index (χ0v) is 38.7. The fraction of sp³-hybridized carbons (Fsp3) is 0.435. The molecule has 4 aliphatic rings. The molecule has 6 heterocycles. The Morgan fingerprint density at radius 3 is 1.49 bits per heavy atom. The number of alkyl halides is 6. The number of nitrogens with zero attached hydrogens (tertiary/aromatic N) is 5. The topological polar surface area (TPSA) is 162 Å². The molecule has 4 amide bonds. The molecule has 2 atom stereocenters. The number of pyridine rings is 2. The van der Waals surface area contributed by atoms with Gasteiger partial charge in [0, 0.05) is 72.9 Å². The largest absolute Gasteiger partial charge is 0.416 e. The first-order valence-corrected chi connectivity index (χ1v) is 22.3. The number of hydrogen-bond donors (Lipinski definition) is 3. The van der Waals surface area contributed by atoms with Gasteiger partial charge in [0.1, 0.15) is 24.2 Å². The average molecular weight is 1010 g/mol. The van der Waals surface area contributed by atoms with Crippen LogP contribution in [0.3, 0.4) is 0 Å². The molecule has 0 radical (unpaired) electrons. The highest BCUT2D eigenvalue weighted by molar-refractivity contribution is 9.10. The molecule has 2 unspecified atom stereocenters. The summed E-state index contributed by atoms with van der Waals surface area (Å²) >= 11 is 3.14. The highest BCUT2D eigenvalue weighted by atomic mass is 79.9. The predicted octanol–water partition coefficient (Wildman–Crippen LogP) is 5.78. The van der Waals surface area contributed by atoms with Crippen molar-refractivity contribution in [3.8, 4) is 0 Å². The zero-order valence-electron chi connectivity index (χ0n) is 37.1. The first-order valence-electron chi connectivity index (χ1n) is 21.5. The number of halogens is 7. The first kappa shape index (κ1) is 50.5. The maximum Gasteiger partial charge on any atom is 0.416 e. The summed E-state index contributed by atoms with van der Waals surface area (Å²) in [5.41, 5.74) is -2.25. The number of H-pyrrole nitrogens is 2. The molecule has 2 aromatic heterocycles. The Labute approximate surface area is 390 Å². The summed E-state index contributed by atoms with van der Waals surface area (Å²) in [6, 6.07) is 15.5. The van der Waals surface area contributed by atoms with E-state index in [1.807, 2.05) is 32.6 Å². The van der Waals surface area contributed by atoms with Crippen LogP contribution in [0.1, 0.15) is 62.8 Å². The van der Waals surface area contributed by atoms with Crippen molar-refractivity contribution in [3.63, 3.8) is 0 Å². The van der Waals surface area contributed by atoms with Crippen LogP contribution in [0.2, 0.25) is 0 Å². The predicted molar refractivity (Wildman–Crippen MR) is 239 cm³/mol. The number of aromatic nitrogens is 2. The van der Waals surface area contributed by atoms with Crippen molar-refractivity contribution in [2.24, 2.45) is 0 Å². The van der Waals surface area contributed by atoms with E-state index >= 15 is 0 Å². The second-order valence-electron chi connectivity index (χ2n) is 17.3. The number of amides is 4. The lowest BCUT2D eigenvalue weighted by molar-refractivity contribution is -0.166. The number of anilines is 1. The second kappa shape index (κ2) is 20.1. The highest BCUT2D eigenvalue weighted by Crippen LogP contribution is 2.38. The number of hydrogen-bond acceptors (Lipinski definition) is 8. The molecule has 4 saturated heterocycles. The van der Waals surface area contributed by atoms with Crippen molar-refractivity contribution in [1.29, 1.82) is 0 Å². The number of benzene rings is 2. The molecule has 4 aromatic rings. The van der Waals surface area contributed by atoms with E-state index in [4.69, 9.17) is 0 Å². The van der Waals surface area contributed by atoms with Crippen LogP contribution in [0, 0.1) is 0 Å². The minimum absolute atomic E-state index is 0.00111. The van der Waals surface area contributed by atoms with Gasteiger partial charge in [-0.1, -0.05) is 40.2 Å². The normalized spacial score (nSPS) is 21.1. The van der Waals surface area contributed by atoms with Gasteiger partial charge in [0.25, 0.3) is 11.8 Å². The fourth-order valence-electron chi connectivity index (χ4n) is 8.67. The summed E-state index contributed by atoms with van der Waals surface area (Å²) in [7, 11) is 0. The lowest BCUT2D eigenvalue weighted by atomic mass is 9.89. The lowest BCUT2D eigenvalue weighted by Crippen LogP contribution is -2.69. The maximum atomic E-state index is 13.7. The third kappa shape index (κ3) is 11.3. The average Bonchev–Trinajstić information content (AvgIpc) is 3.94. The molecule has 2 aromatic carbocycles. The van der Waals surface area contributed by atoms with Crippen LogP contribution in [-0.4, -0.2) is 116 Å². The van der Waals surface area contributed by atoms with Gasteiger partial charge in [0.15, 0.2) is 0 Å². The van der Waals surface area contributed by atoms with Crippen LogP contribution in [0.4, 0.5) is 32.0 Å². The van der Waals surface area contributed by atoms with Gasteiger partial charge in [-0.2, -0.15) is 26.3 Å². The van der Waals surface area contributed by atoms with E-state index in [9.17, 15) is 55.1 Å². The van der Waals surface area contributed by atoms with E-state index in [1.54, 1.807) is 28.1 Å². The molecule has 0 bridgehead atoms. The monoisotopic (exact) mass is 1000 g/mol. The van der Waals surface area contributed by atoms with E-state index in [-0.39, 0.29) is 79.6 Å². The third-order valence-corrected chi connectivity index (χ3v) is 12.8. The van der Waals surface area contributed by atoms with Crippen molar-refractivity contribution in [2.75, 3.05) is 44.2 Å². The number of aromatic amines is 2.